The Balaban J connectivity index is 1.29. The Kier molecular flexibility index (Phi) is 5.65. The fraction of sp³-hybridized carbons (Fsp3) is 0.667. The van der Waals surface area contributed by atoms with Crippen LogP contribution in [0.5, 0.6) is 0 Å². The van der Waals surface area contributed by atoms with Crippen molar-refractivity contribution >= 4 is 17.5 Å². The average molecular weight is 439 g/mol. The molecule has 0 radical (unpaired) electrons. The molecular weight excluding hydrogens is 404 g/mol. The van der Waals surface area contributed by atoms with Gasteiger partial charge in [-0.2, -0.15) is 5.10 Å². The molecule has 3 aliphatic rings. The number of hydrogen-bond acceptors (Lipinski definition) is 5. The van der Waals surface area contributed by atoms with Crippen LogP contribution < -0.4 is 0 Å². The van der Waals surface area contributed by atoms with Crippen LogP contribution in [-0.2, 0) is 16.0 Å². The van der Waals surface area contributed by atoms with E-state index in [9.17, 15) is 9.59 Å². The zero-order chi connectivity index (χ0) is 22.4. The molecule has 5 rings (SSSR count). The summed E-state index contributed by atoms with van der Waals surface area (Å²) in [5.41, 5.74) is 5.04. The van der Waals surface area contributed by atoms with Crippen molar-refractivity contribution in [1.29, 1.82) is 0 Å². The van der Waals surface area contributed by atoms with Crippen LogP contribution in [0, 0.1) is 19.8 Å². The summed E-state index contributed by atoms with van der Waals surface area (Å²) >= 11 is 0. The molecule has 2 aromatic heterocycles. The third-order valence-electron chi connectivity index (χ3n) is 7.47. The van der Waals surface area contributed by atoms with Crippen molar-refractivity contribution in [3.05, 3.63) is 28.7 Å². The maximum absolute atomic E-state index is 12.7. The lowest BCUT2D eigenvalue weighted by Crippen LogP contribution is -2.47. The number of carbonyl (C=O) groups is 2. The van der Waals surface area contributed by atoms with Gasteiger partial charge in [0.2, 0.25) is 11.8 Å². The summed E-state index contributed by atoms with van der Waals surface area (Å²) in [6.45, 7) is 9.22. The lowest BCUT2D eigenvalue weighted by atomic mass is 10.1. The third-order valence-corrected chi connectivity index (χ3v) is 7.47. The van der Waals surface area contributed by atoms with Gasteiger partial charge in [0.25, 0.3) is 0 Å². The van der Waals surface area contributed by atoms with Crippen LogP contribution in [0.25, 0.3) is 5.65 Å². The highest BCUT2D eigenvalue weighted by Gasteiger charge is 2.37. The molecule has 0 bridgehead atoms. The molecule has 8 nitrogen and oxygen atoms in total. The highest BCUT2D eigenvalue weighted by molar-refractivity contribution is 5.81. The molecule has 32 heavy (non-hydrogen) atoms. The van der Waals surface area contributed by atoms with Gasteiger partial charge in [0.05, 0.1) is 5.69 Å². The highest BCUT2D eigenvalue weighted by atomic mass is 16.2. The summed E-state index contributed by atoms with van der Waals surface area (Å²) < 4.78 is 1.93. The van der Waals surface area contributed by atoms with E-state index in [1.807, 2.05) is 21.2 Å². The quantitative estimate of drug-likeness (QED) is 0.712. The topological polar surface area (TPSA) is 74.0 Å². The second kappa shape index (κ2) is 8.46. The average Bonchev–Trinajstić information content (AvgIpc) is 3.35. The van der Waals surface area contributed by atoms with Crippen molar-refractivity contribution in [1.82, 2.24) is 29.3 Å². The van der Waals surface area contributed by atoms with Crippen LogP contribution in [0.4, 0.5) is 0 Å². The summed E-state index contributed by atoms with van der Waals surface area (Å²) in [4.78, 5) is 36.2. The van der Waals surface area contributed by atoms with E-state index in [0.29, 0.717) is 18.7 Å². The maximum Gasteiger partial charge on any atom is 0.225 e. The Morgan fingerprint density at radius 1 is 1.03 bits per heavy atom. The smallest absolute Gasteiger partial charge is 0.225 e. The largest absolute Gasteiger partial charge is 0.342 e. The molecule has 0 spiro atoms. The first-order valence-corrected chi connectivity index (χ1v) is 12.0. The number of hydrogen-bond donors (Lipinski definition) is 0. The van der Waals surface area contributed by atoms with Crippen molar-refractivity contribution in [2.24, 2.45) is 5.92 Å². The van der Waals surface area contributed by atoms with E-state index in [0.717, 1.165) is 86.8 Å². The monoisotopic (exact) mass is 438 g/mol. The molecule has 8 heteroatoms. The number of likely N-dealkylation sites (tertiary alicyclic amines) is 1. The first-order valence-electron chi connectivity index (χ1n) is 12.0. The summed E-state index contributed by atoms with van der Waals surface area (Å²) in [6.07, 6.45) is 4.27. The van der Waals surface area contributed by atoms with Gasteiger partial charge in [-0.05, 0) is 52.1 Å². The molecule has 172 valence electrons. The van der Waals surface area contributed by atoms with Crippen molar-refractivity contribution < 1.29 is 9.59 Å². The summed E-state index contributed by atoms with van der Waals surface area (Å²) in [5, 5.41) is 4.89. The number of aromatic nitrogens is 3. The number of rotatable bonds is 5. The van der Waals surface area contributed by atoms with Crippen LogP contribution in [-0.4, -0.2) is 87.4 Å². The van der Waals surface area contributed by atoms with Gasteiger partial charge < -0.3 is 14.7 Å². The second-order valence-corrected chi connectivity index (χ2v) is 9.83. The zero-order valence-corrected chi connectivity index (χ0v) is 19.5. The molecule has 0 unspecified atom stereocenters. The van der Waals surface area contributed by atoms with E-state index >= 15 is 0 Å². The molecule has 1 atom stereocenters. The predicted molar refractivity (Wildman–Crippen MR) is 122 cm³/mol. The van der Waals surface area contributed by atoms with E-state index in [1.54, 1.807) is 0 Å². The molecule has 2 saturated heterocycles. The first-order chi connectivity index (χ1) is 15.4. The van der Waals surface area contributed by atoms with E-state index in [1.165, 1.54) is 0 Å². The number of aryl methyl sites for hydroxylation is 2. The molecular formula is C24H34N6O2. The minimum atomic E-state index is 0.226. The van der Waals surface area contributed by atoms with Gasteiger partial charge >= 0.3 is 0 Å². The molecule has 2 amide bonds. The Labute approximate surface area is 189 Å². The number of piperazine rings is 1. The minimum absolute atomic E-state index is 0.226. The number of carbonyl (C=O) groups excluding carboxylic acids is 2. The number of nitrogens with zero attached hydrogens (tertiary/aromatic N) is 6. The standard InChI is InChI=1S/C24H34N6O2/c1-16-20(6-7-23(31)28-12-10-27(3)11-13-28)17(2)30-22(25-16)14-21(26-30)19-8-9-29(15-19)24(32)18-4-5-18/h14,18-19H,4-13,15H2,1-3H3/t19-/m0/s1. The Morgan fingerprint density at radius 2 is 1.78 bits per heavy atom. The lowest BCUT2D eigenvalue weighted by Gasteiger charge is -2.32. The van der Waals surface area contributed by atoms with E-state index in [-0.39, 0.29) is 17.7 Å². The van der Waals surface area contributed by atoms with Crippen molar-refractivity contribution in [3.8, 4) is 0 Å². The van der Waals surface area contributed by atoms with Gasteiger partial charge in [-0.3, -0.25) is 9.59 Å². The first kappa shape index (κ1) is 21.4. The molecule has 1 saturated carbocycles. The van der Waals surface area contributed by atoms with Gasteiger partial charge in [-0.15, -0.1) is 0 Å². The molecule has 2 aliphatic heterocycles. The van der Waals surface area contributed by atoms with Gasteiger partial charge in [-0.1, -0.05) is 0 Å². The summed E-state index contributed by atoms with van der Waals surface area (Å²) in [5.74, 6) is 1.11. The Hall–Kier alpha value is -2.48. The van der Waals surface area contributed by atoms with Crippen LogP contribution in [0.3, 0.4) is 0 Å². The van der Waals surface area contributed by atoms with Crippen molar-refractivity contribution in [2.75, 3.05) is 46.3 Å². The van der Waals surface area contributed by atoms with Crippen LogP contribution in [0.15, 0.2) is 6.07 Å². The second-order valence-electron chi connectivity index (χ2n) is 9.83. The maximum atomic E-state index is 12.7. The van der Waals surface area contributed by atoms with Crippen LogP contribution in [0.2, 0.25) is 0 Å². The molecule has 0 N–H and O–H groups in total. The van der Waals surface area contributed by atoms with Crippen LogP contribution in [0.1, 0.15) is 54.2 Å². The van der Waals surface area contributed by atoms with Gasteiger partial charge in [0, 0.05) is 75.0 Å². The molecule has 3 fully saturated rings. The van der Waals surface area contributed by atoms with Gasteiger partial charge in [0.1, 0.15) is 0 Å². The fourth-order valence-electron chi connectivity index (χ4n) is 5.14. The fourth-order valence-corrected chi connectivity index (χ4v) is 5.14. The SMILES string of the molecule is Cc1nc2cc([C@H]3CCN(C(=O)C4CC4)C3)nn2c(C)c1CCC(=O)N1CCN(C)CC1. The molecule has 2 aromatic rings. The predicted octanol–water partition coefficient (Wildman–Crippen LogP) is 1.78. The van der Waals surface area contributed by atoms with Crippen molar-refractivity contribution in [3.63, 3.8) is 0 Å². The normalized spacial score (nSPS) is 22.2. The Morgan fingerprint density at radius 3 is 2.50 bits per heavy atom. The van der Waals surface area contributed by atoms with Crippen molar-refractivity contribution in [2.45, 2.75) is 51.9 Å². The summed E-state index contributed by atoms with van der Waals surface area (Å²) in [7, 11) is 2.10. The third kappa shape index (κ3) is 4.12. The number of likely N-dealkylation sites (N-methyl/N-ethyl adjacent to an activating group) is 1. The van der Waals surface area contributed by atoms with E-state index < -0.39 is 0 Å². The Bertz CT molecular complexity index is 1030. The van der Waals surface area contributed by atoms with E-state index in [4.69, 9.17) is 10.1 Å². The summed E-state index contributed by atoms with van der Waals surface area (Å²) in [6, 6.07) is 2.08. The minimum Gasteiger partial charge on any atom is -0.342 e. The molecule has 0 aromatic carbocycles. The van der Waals surface area contributed by atoms with Crippen LogP contribution >= 0.6 is 0 Å². The lowest BCUT2D eigenvalue weighted by molar-refractivity contribution is -0.133. The van der Waals surface area contributed by atoms with Gasteiger partial charge in [-0.25, -0.2) is 9.50 Å². The van der Waals surface area contributed by atoms with E-state index in [2.05, 4.69) is 24.9 Å². The molecule has 1 aliphatic carbocycles. The molecule has 4 heterocycles. The van der Waals surface area contributed by atoms with Gasteiger partial charge in [0.15, 0.2) is 5.65 Å². The zero-order valence-electron chi connectivity index (χ0n) is 19.5. The number of amides is 2. The highest BCUT2D eigenvalue weighted by Crippen LogP contribution is 2.35. The number of fused-ring (bicyclic) bond motifs is 1.